The molecule has 10 rings (SSSR count). The minimum Gasteiger partial charge on any atom is -0.309 e. The molecule has 4 heteroatoms. The Kier molecular flexibility index (Phi) is 8.12. The van der Waals surface area contributed by atoms with Crippen LogP contribution in [-0.2, 0) is 0 Å². The monoisotopic (exact) mass is 702 g/mol. The van der Waals surface area contributed by atoms with Gasteiger partial charge in [0.25, 0.3) is 0 Å². The maximum Gasteiger partial charge on any atom is 0.164 e. The first-order valence-corrected chi connectivity index (χ1v) is 18.5. The van der Waals surface area contributed by atoms with E-state index < -0.39 is 0 Å². The van der Waals surface area contributed by atoms with Crippen molar-refractivity contribution in [3.8, 4) is 73.2 Å². The minimum atomic E-state index is 0.612. The van der Waals surface area contributed by atoms with Gasteiger partial charge in [-0.2, -0.15) is 0 Å². The molecule has 258 valence electrons. The molecule has 8 aromatic carbocycles. The zero-order valence-corrected chi connectivity index (χ0v) is 29.9. The van der Waals surface area contributed by atoms with Crippen LogP contribution in [0.4, 0.5) is 0 Å². The van der Waals surface area contributed by atoms with Gasteiger partial charge in [0.2, 0.25) is 0 Å². The maximum atomic E-state index is 5.21. The van der Waals surface area contributed by atoms with E-state index in [1.165, 1.54) is 21.9 Å². The van der Waals surface area contributed by atoms with Gasteiger partial charge in [-0.05, 0) is 52.1 Å². The largest absolute Gasteiger partial charge is 0.309 e. The Morgan fingerprint density at radius 3 is 1.38 bits per heavy atom. The smallest absolute Gasteiger partial charge is 0.164 e. The zero-order chi connectivity index (χ0) is 36.6. The van der Waals surface area contributed by atoms with Crippen LogP contribution in [0, 0.1) is 0 Å². The second kappa shape index (κ2) is 13.8. The van der Waals surface area contributed by atoms with Crippen LogP contribution >= 0.6 is 0 Å². The van der Waals surface area contributed by atoms with E-state index in [0.29, 0.717) is 17.5 Å². The first-order chi connectivity index (χ1) is 27.3. The average Bonchev–Trinajstić information content (AvgIpc) is 3.61. The van der Waals surface area contributed by atoms with Crippen molar-refractivity contribution in [3.63, 3.8) is 0 Å². The molecule has 0 spiro atoms. The molecule has 0 radical (unpaired) electrons. The van der Waals surface area contributed by atoms with Crippen molar-refractivity contribution in [2.75, 3.05) is 0 Å². The van der Waals surface area contributed by atoms with Gasteiger partial charge in [0, 0.05) is 33.0 Å². The third-order valence-electron chi connectivity index (χ3n) is 10.3. The van der Waals surface area contributed by atoms with Crippen LogP contribution in [-0.4, -0.2) is 19.5 Å². The lowest BCUT2D eigenvalue weighted by Crippen LogP contribution is -2.02. The van der Waals surface area contributed by atoms with Crippen LogP contribution < -0.4 is 0 Å². The van der Waals surface area contributed by atoms with Gasteiger partial charge in [-0.1, -0.05) is 182 Å². The number of benzene rings is 8. The molecule has 0 aliphatic heterocycles. The summed E-state index contributed by atoms with van der Waals surface area (Å²) in [6.45, 7) is 0. The number of aromatic nitrogens is 4. The van der Waals surface area contributed by atoms with Gasteiger partial charge in [-0.15, -0.1) is 0 Å². The Bertz CT molecular complexity index is 2950. The molecule has 0 bridgehead atoms. The summed E-state index contributed by atoms with van der Waals surface area (Å²) in [4.78, 5) is 15.4. The zero-order valence-electron chi connectivity index (χ0n) is 29.9. The lowest BCUT2D eigenvalue weighted by molar-refractivity contribution is 1.07. The molecule has 10 aromatic rings. The summed E-state index contributed by atoms with van der Waals surface area (Å²) < 4.78 is 2.41. The normalized spacial score (nSPS) is 11.3. The summed E-state index contributed by atoms with van der Waals surface area (Å²) in [7, 11) is 0. The number of rotatable bonds is 7. The quantitative estimate of drug-likeness (QED) is 0.166. The van der Waals surface area contributed by atoms with Crippen molar-refractivity contribution >= 4 is 21.8 Å². The van der Waals surface area contributed by atoms with Crippen molar-refractivity contribution in [1.82, 2.24) is 19.5 Å². The fourth-order valence-corrected chi connectivity index (χ4v) is 7.58. The molecule has 55 heavy (non-hydrogen) atoms. The second-order valence-corrected chi connectivity index (χ2v) is 13.7. The Balaban J connectivity index is 1.22. The molecule has 2 heterocycles. The molecule has 4 nitrogen and oxygen atoms in total. The van der Waals surface area contributed by atoms with Gasteiger partial charge in [-0.3, -0.25) is 0 Å². The lowest BCUT2D eigenvalue weighted by Gasteiger charge is -2.17. The molecule has 0 fully saturated rings. The Morgan fingerprint density at radius 1 is 0.273 bits per heavy atom. The van der Waals surface area contributed by atoms with Gasteiger partial charge < -0.3 is 4.57 Å². The molecule has 0 saturated carbocycles. The molecule has 0 atom stereocenters. The summed E-state index contributed by atoms with van der Waals surface area (Å²) in [5, 5.41) is 2.40. The van der Waals surface area contributed by atoms with Crippen molar-refractivity contribution in [3.05, 3.63) is 206 Å². The van der Waals surface area contributed by atoms with Crippen LogP contribution in [0.3, 0.4) is 0 Å². The summed E-state index contributed by atoms with van der Waals surface area (Å²) in [5.41, 5.74) is 12.9. The van der Waals surface area contributed by atoms with Crippen LogP contribution in [0.2, 0.25) is 0 Å². The van der Waals surface area contributed by atoms with Crippen LogP contribution in [0.25, 0.3) is 95.0 Å². The average molecular weight is 703 g/mol. The summed E-state index contributed by atoms with van der Waals surface area (Å²) >= 11 is 0. The third-order valence-corrected chi connectivity index (χ3v) is 10.3. The van der Waals surface area contributed by atoms with E-state index in [2.05, 4.69) is 187 Å². The maximum absolute atomic E-state index is 5.21. The highest BCUT2D eigenvalue weighted by Crippen LogP contribution is 2.39. The fraction of sp³-hybridized carbons (Fsp3) is 0. The first-order valence-electron chi connectivity index (χ1n) is 18.5. The number of hydrogen-bond donors (Lipinski definition) is 0. The molecule has 0 amide bonds. The second-order valence-electron chi connectivity index (χ2n) is 13.7. The van der Waals surface area contributed by atoms with E-state index in [-0.39, 0.29) is 0 Å². The van der Waals surface area contributed by atoms with Crippen LogP contribution in [0.5, 0.6) is 0 Å². The Hall–Kier alpha value is -7.43. The number of fused-ring (bicyclic) bond motifs is 3. The van der Waals surface area contributed by atoms with E-state index in [0.717, 1.165) is 55.7 Å². The summed E-state index contributed by atoms with van der Waals surface area (Å²) in [6.07, 6.45) is 0. The Labute approximate surface area is 319 Å². The minimum absolute atomic E-state index is 0.612. The highest BCUT2D eigenvalue weighted by molar-refractivity contribution is 6.10. The fourth-order valence-electron chi connectivity index (χ4n) is 7.58. The molecular formula is C51H34N4. The van der Waals surface area contributed by atoms with E-state index in [1.54, 1.807) is 0 Å². The number of nitrogens with zero attached hydrogens (tertiary/aromatic N) is 4. The molecule has 0 N–H and O–H groups in total. The molecular weight excluding hydrogens is 669 g/mol. The molecule has 0 unspecified atom stereocenters. The summed E-state index contributed by atoms with van der Waals surface area (Å²) in [6, 6.07) is 72.3. The van der Waals surface area contributed by atoms with Gasteiger partial charge >= 0.3 is 0 Å². The van der Waals surface area contributed by atoms with E-state index in [9.17, 15) is 0 Å². The number of para-hydroxylation sites is 1. The van der Waals surface area contributed by atoms with E-state index in [1.807, 2.05) is 24.3 Å². The topological polar surface area (TPSA) is 43.6 Å². The highest BCUT2D eigenvalue weighted by atomic mass is 15.0. The van der Waals surface area contributed by atoms with Gasteiger partial charge in [-0.25, -0.2) is 15.0 Å². The molecule has 0 saturated heterocycles. The molecule has 2 aromatic heterocycles. The number of hydrogen-bond acceptors (Lipinski definition) is 3. The molecule has 0 aliphatic rings. The van der Waals surface area contributed by atoms with Crippen molar-refractivity contribution in [2.24, 2.45) is 0 Å². The predicted molar refractivity (Wildman–Crippen MR) is 227 cm³/mol. The predicted octanol–water partition coefficient (Wildman–Crippen LogP) is 13.0. The van der Waals surface area contributed by atoms with Crippen LogP contribution in [0.15, 0.2) is 206 Å². The summed E-state index contributed by atoms with van der Waals surface area (Å²) in [5.74, 6) is 1.86. The van der Waals surface area contributed by atoms with Gasteiger partial charge in [0.15, 0.2) is 17.5 Å². The van der Waals surface area contributed by atoms with Gasteiger partial charge in [0.1, 0.15) is 0 Å². The Morgan fingerprint density at radius 2 is 0.727 bits per heavy atom. The van der Waals surface area contributed by atoms with Crippen LogP contribution in [0.1, 0.15) is 0 Å². The van der Waals surface area contributed by atoms with E-state index >= 15 is 0 Å². The van der Waals surface area contributed by atoms with Crippen molar-refractivity contribution < 1.29 is 0 Å². The lowest BCUT2D eigenvalue weighted by atomic mass is 10.00. The third kappa shape index (κ3) is 6.06. The van der Waals surface area contributed by atoms with E-state index in [4.69, 9.17) is 15.0 Å². The van der Waals surface area contributed by atoms with Crippen molar-refractivity contribution in [2.45, 2.75) is 0 Å². The van der Waals surface area contributed by atoms with Crippen molar-refractivity contribution in [1.29, 1.82) is 0 Å². The standard InChI is InChI=1S/C51H34N4/c1-5-16-35(17-6-1)39-24-15-25-41(32-39)50-52-49(38-22-11-4-12-23-38)53-51(54-50)42-29-30-43(37-20-9-3-10-21-37)47(34-42)55-46-27-14-13-26-44(46)45-31-28-40(33-48(45)55)36-18-7-2-8-19-36/h1-34H. The first kappa shape index (κ1) is 32.2. The highest BCUT2D eigenvalue weighted by Gasteiger charge is 2.19. The SMILES string of the molecule is c1ccc(-c2cccc(-c3nc(-c4ccccc4)nc(-c4ccc(-c5ccccc5)c(-n5c6ccccc6c6ccc(-c7ccccc7)cc65)c4)n3)c2)cc1. The molecule has 0 aliphatic carbocycles. The van der Waals surface area contributed by atoms with Gasteiger partial charge in [0.05, 0.1) is 16.7 Å².